The number of nitrogens with zero attached hydrogens (tertiary/aromatic N) is 1. The van der Waals surface area contributed by atoms with Crippen LogP contribution in [0.5, 0.6) is 0 Å². The normalized spacial score (nSPS) is 11.3. The van der Waals surface area contributed by atoms with E-state index in [1.165, 1.54) is 18.2 Å². The van der Waals surface area contributed by atoms with E-state index in [0.29, 0.717) is 6.42 Å². The molecule has 0 amide bonds. The van der Waals surface area contributed by atoms with Gasteiger partial charge in [-0.3, -0.25) is 9.78 Å². The molecule has 2 rings (SSSR count). The van der Waals surface area contributed by atoms with Gasteiger partial charge >= 0.3 is 6.18 Å². The third kappa shape index (κ3) is 3.44. The Hall–Kier alpha value is -2.17. The Bertz CT molecular complexity index is 594. The molecule has 0 aliphatic carbocycles. The molecule has 0 atom stereocenters. The lowest BCUT2D eigenvalue weighted by Gasteiger charge is -2.11. The first-order valence-electron chi connectivity index (χ1n) is 6.07. The molecule has 1 aromatic carbocycles. The highest BCUT2D eigenvalue weighted by Gasteiger charge is 2.34. The van der Waals surface area contributed by atoms with Crippen molar-refractivity contribution >= 4 is 5.78 Å². The van der Waals surface area contributed by atoms with Gasteiger partial charge in [0.2, 0.25) is 0 Å². The number of alkyl halides is 3. The van der Waals surface area contributed by atoms with E-state index < -0.39 is 17.5 Å². The Morgan fingerprint density at radius 1 is 1.10 bits per heavy atom. The molecule has 104 valence electrons. The summed E-state index contributed by atoms with van der Waals surface area (Å²) < 4.78 is 38.4. The zero-order chi connectivity index (χ0) is 14.6. The van der Waals surface area contributed by atoms with Gasteiger partial charge in [0.1, 0.15) is 0 Å². The van der Waals surface area contributed by atoms with Gasteiger partial charge in [-0.05, 0) is 24.1 Å². The van der Waals surface area contributed by atoms with E-state index in [4.69, 9.17) is 0 Å². The number of aromatic nitrogens is 1. The fraction of sp³-hybridized carbons (Fsp3) is 0.200. The van der Waals surface area contributed by atoms with Crippen LogP contribution in [0.4, 0.5) is 13.2 Å². The molecular formula is C15H12F3NO. The summed E-state index contributed by atoms with van der Waals surface area (Å²) in [5.74, 6) is -0.512. The van der Waals surface area contributed by atoms with Crippen LogP contribution < -0.4 is 0 Å². The van der Waals surface area contributed by atoms with E-state index in [-0.39, 0.29) is 12.0 Å². The average Bonchev–Trinajstić information content (AvgIpc) is 2.45. The minimum atomic E-state index is -4.51. The molecular weight excluding hydrogens is 267 g/mol. The molecule has 0 radical (unpaired) electrons. The second-order valence-electron chi connectivity index (χ2n) is 4.33. The largest absolute Gasteiger partial charge is 0.417 e. The monoisotopic (exact) mass is 279 g/mol. The Morgan fingerprint density at radius 2 is 1.85 bits per heavy atom. The number of ketones is 1. The minimum Gasteiger partial charge on any atom is -0.294 e. The first-order valence-corrected chi connectivity index (χ1v) is 6.07. The van der Waals surface area contributed by atoms with E-state index in [1.54, 1.807) is 24.5 Å². The molecule has 0 spiro atoms. The van der Waals surface area contributed by atoms with Crippen molar-refractivity contribution in [2.75, 3.05) is 0 Å². The smallest absolute Gasteiger partial charge is 0.294 e. The average molecular weight is 279 g/mol. The maximum atomic E-state index is 12.8. The van der Waals surface area contributed by atoms with Crippen molar-refractivity contribution in [1.29, 1.82) is 0 Å². The number of pyridine rings is 1. The molecule has 0 unspecified atom stereocenters. The summed E-state index contributed by atoms with van der Waals surface area (Å²) in [6.07, 6.45) is -0.911. The highest BCUT2D eigenvalue weighted by molar-refractivity contribution is 5.97. The lowest BCUT2D eigenvalue weighted by atomic mass is 9.99. The van der Waals surface area contributed by atoms with Crippen molar-refractivity contribution in [3.63, 3.8) is 0 Å². The maximum absolute atomic E-state index is 12.8. The Labute approximate surface area is 114 Å². The van der Waals surface area contributed by atoms with Gasteiger partial charge in [-0.25, -0.2) is 0 Å². The van der Waals surface area contributed by atoms with Crippen LogP contribution in [0.15, 0.2) is 48.8 Å². The van der Waals surface area contributed by atoms with Gasteiger partial charge in [-0.1, -0.05) is 24.3 Å². The minimum absolute atomic E-state index is 0.0266. The molecule has 0 fully saturated rings. The van der Waals surface area contributed by atoms with Crippen molar-refractivity contribution in [1.82, 2.24) is 4.98 Å². The van der Waals surface area contributed by atoms with Crippen molar-refractivity contribution in [3.05, 3.63) is 65.5 Å². The predicted octanol–water partition coefficient (Wildman–Crippen LogP) is 3.92. The second kappa shape index (κ2) is 5.86. The number of rotatable bonds is 4. The van der Waals surface area contributed by atoms with Gasteiger partial charge in [-0.15, -0.1) is 0 Å². The molecule has 0 saturated carbocycles. The van der Waals surface area contributed by atoms with Crippen LogP contribution in [0.1, 0.15) is 27.9 Å². The zero-order valence-corrected chi connectivity index (χ0v) is 10.5. The van der Waals surface area contributed by atoms with Gasteiger partial charge in [0.25, 0.3) is 0 Å². The number of carbonyl (C=O) groups is 1. The highest BCUT2D eigenvalue weighted by atomic mass is 19.4. The summed E-state index contributed by atoms with van der Waals surface area (Å²) in [6, 6.07) is 8.37. The predicted molar refractivity (Wildman–Crippen MR) is 68.3 cm³/mol. The first kappa shape index (κ1) is 14.2. The standard InChI is InChI=1S/C15H12F3NO/c16-15(17,18)13-6-2-1-5-12(13)14(20)8-7-11-4-3-9-19-10-11/h1-6,9-10H,7-8H2. The number of aryl methyl sites for hydroxylation is 1. The summed E-state index contributed by atoms with van der Waals surface area (Å²) in [5.41, 5.74) is -0.328. The zero-order valence-electron chi connectivity index (χ0n) is 10.5. The molecule has 0 aliphatic heterocycles. The van der Waals surface area contributed by atoms with E-state index in [2.05, 4.69) is 4.98 Å². The van der Waals surface area contributed by atoms with Crippen LogP contribution in [-0.4, -0.2) is 10.8 Å². The summed E-state index contributed by atoms with van der Waals surface area (Å²) in [6.45, 7) is 0. The number of hydrogen-bond donors (Lipinski definition) is 0. The molecule has 2 aromatic rings. The third-order valence-corrected chi connectivity index (χ3v) is 2.90. The number of Topliss-reactive ketones (excluding diaryl/α,β-unsaturated/α-hetero) is 1. The summed E-state index contributed by atoms with van der Waals surface area (Å²) in [5, 5.41) is 0. The van der Waals surface area contributed by atoms with Gasteiger partial charge in [-0.2, -0.15) is 13.2 Å². The SMILES string of the molecule is O=C(CCc1cccnc1)c1ccccc1C(F)(F)F. The lowest BCUT2D eigenvalue weighted by molar-refractivity contribution is -0.137. The van der Waals surface area contributed by atoms with E-state index in [0.717, 1.165) is 11.6 Å². The Kier molecular flexibility index (Phi) is 4.17. The molecule has 1 aromatic heterocycles. The van der Waals surface area contributed by atoms with E-state index in [1.807, 2.05) is 0 Å². The van der Waals surface area contributed by atoms with E-state index >= 15 is 0 Å². The quantitative estimate of drug-likeness (QED) is 0.794. The van der Waals surface area contributed by atoms with Crippen LogP contribution in [-0.2, 0) is 12.6 Å². The highest BCUT2D eigenvalue weighted by Crippen LogP contribution is 2.32. The molecule has 20 heavy (non-hydrogen) atoms. The molecule has 0 N–H and O–H groups in total. The fourth-order valence-corrected chi connectivity index (χ4v) is 1.91. The number of hydrogen-bond acceptors (Lipinski definition) is 2. The van der Waals surface area contributed by atoms with Crippen LogP contribution >= 0.6 is 0 Å². The van der Waals surface area contributed by atoms with Gasteiger partial charge < -0.3 is 0 Å². The summed E-state index contributed by atoms with van der Waals surface area (Å²) >= 11 is 0. The second-order valence-corrected chi connectivity index (χ2v) is 4.33. The summed E-state index contributed by atoms with van der Waals surface area (Å²) in [4.78, 5) is 15.9. The molecule has 0 bridgehead atoms. The molecule has 1 heterocycles. The first-order chi connectivity index (χ1) is 9.48. The fourth-order valence-electron chi connectivity index (χ4n) is 1.91. The van der Waals surface area contributed by atoms with Crippen molar-refractivity contribution in [2.24, 2.45) is 0 Å². The molecule has 5 heteroatoms. The maximum Gasteiger partial charge on any atom is 0.417 e. The summed E-state index contributed by atoms with van der Waals surface area (Å²) in [7, 11) is 0. The van der Waals surface area contributed by atoms with Gasteiger partial charge in [0.15, 0.2) is 5.78 Å². The van der Waals surface area contributed by atoms with Gasteiger partial charge in [0.05, 0.1) is 5.56 Å². The van der Waals surface area contributed by atoms with Crippen LogP contribution in [0.3, 0.4) is 0 Å². The molecule has 2 nitrogen and oxygen atoms in total. The number of halogens is 3. The number of benzene rings is 1. The Balaban J connectivity index is 2.14. The van der Waals surface area contributed by atoms with Crippen molar-refractivity contribution in [2.45, 2.75) is 19.0 Å². The topological polar surface area (TPSA) is 30.0 Å². The van der Waals surface area contributed by atoms with Crippen LogP contribution in [0, 0.1) is 0 Å². The molecule has 0 aliphatic rings. The van der Waals surface area contributed by atoms with E-state index in [9.17, 15) is 18.0 Å². The lowest BCUT2D eigenvalue weighted by Crippen LogP contribution is -2.13. The Morgan fingerprint density at radius 3 is 2.50 bits per heavy atom. The van der Waals surface area contributed by atoms with Crippen LogP contribution in [0.2, 0.25) is 0 Å². The van der Waals surface area contributed by atoms with Gasteiger partial charge in [0, 0.05) is 24.4 Å². The van der Waals surface area contributed by atoms with Crippen molar-refractivity contribution < 1.29 is 18.0 Å². The van der Waals surface area contributed by atoms with Crippen LogP contribution in [0.25, 0.3) is 0 Å². The molecule has 0 saturated heterocycles. The third-order valence-electron chi connectivity index (χ3n) is 2.90. The number of carbonyl (C=O) groups excluding carboxylic acids is 1. The van der Waals surface area contributed by atoms with Crippen molar-refractivity contribution in [3.8, 4) is 0 Å².